The molecule has 0 radical (unpaired) electrons. The molecule has 0 aliphatic carbocycles. The van der Waals surface area contributed by atoms with E-state index in [1.165, 1.54) is 0 Å². The lowest BCUT2D eigenvalue weighted by Crippen LogP contribution is -2.46. The number of aliphatic hydroxyl groups excluding tert-OH is 5. The first kappa shape index (κ1) is 20.2. The molecule has 112 valence electrons. The quantitative estimate of drug-likeness (QED) is 0.187. The molecule has 0 saturated heterocycles. The van der Waals surface area contributed by atoms with Crippen LogP contribution < -0.4 is 0 Å². The molecule has 0 heterocycles. The van der Waals surface area contributed by atoms with Gasteiger partial charge < -0.3 is 35.1 Å². The third-order valence-corrected chi connectivity index (χ3v) is 1.89. The smallest absolute Gasteiger partial charge is 0.151 e. The second kappa shape index (κ2) is 13.3. The van der Waals surface area contributed by atoms with Gasteiger partial charge >= 0.3 is 0 Å². The van der Waals surface area contributed by atoms with E-state index in [1.54, 1.807) is 12.2 Å². The van der Waals surface area contributed by atoms with E-state index in [4.69, 9.17) is 30.3 Å². The topological polar surface area (TPSA) is 127 Å². The monoisotopic (exact) mass is 278 g/mol. The van der Waals surface area contributed by atoms with Crippen LogP contribution in [0.1, 0.15) is 0 Å². The van der Waals surface area contributed by atoms with Gasteiger partial charge in [-0.25, -0.2) is 0 Å². The number of rotatable bonds is 9. The van der Waals surface area contributed by atoms with Gasteiger partial charge in [-0.3, -0.25) is 0 Å². The van der Waals surface area contributed by atoms with Crippen molar-refractivity contribution in [1.29, 1.82) is 0 Å². The number of aldehydes is 1. The van der Waals surface area contributed by atoms with Crippen LogP contribution in [0.15, 0.2) is 25.3 Å². The Morgan fingerprint density at radius 3 is 1.79 bits per heavy atom. The van der Waals surface area contributed by atoms with Crippen LogP contribution in [0.5, 0.6) is 0 Å². The van der Waals surface area contributed by atoms with Crippen LogP contribution in [-0.2, 0) is 9.53 Å². The molecule has 7 nitrogen and oxygen atoms in total. The van der Waals surface area contributed by atoms with Gasteiger partial charge in [0.05, 0.1) is 19.8 Å². The summed E-state index contributed by atoms with van der Waals surface area (Å²) in [5.41, 5.74) is 0. The maximum absolute atomic E-state index is 9.90. The van der Waals surface area contributed by atoms with E-state index in [9.17, 15) is 4.79 Å². The van der Waals surface area contributed by atoms with Gasteiger partial charge in [0.2, 0.25) is 0 Å². The Kier molecular flexibility index (Phi) is 14.2. The summed E-state index contributed by atoms with van der Waals surface area (Å²) in [7, 11) is 0. The largest absolute Gasteiger partial charge is 0.394 e. The van der Waals surface area contributed by atoms with E-state index in [0.717, 1.165) is 0 Å². The predicted octanol–water partition coefficient (Wildman–Crippen LogP) is -2.00. The Balaban J connectivity index is 0. The van der Waals surface area contributed by atoms with Crippen molar-refractivity contribution >= 4 is 6.29 Å². The molecule has 5 N–H and O–H groups in total. The molecule has 0 aromatic carbocycles. The summed E-state index contributed by atoms with van der Waals surface area (Å²) in [4.78, 5) is 9.90. The fourth-order valence-electron chi connectivity index (χ4n) is 0.853. The molecular weight excluding hydrogens is 256 g/mol. The molecule has 0 aromatic rings. The van der Waals surface area contributed by atoms with Crippen molar-refractivity contribution in [3.8, 4) is 0 Å². The molecule has 0 rings (SSSR count). The molecule has 4 atom stereocenters. The predicted molar refractivity (Wildman–Crippen MR) is 68.4 cm³/mol. The van der Waals surface area contributed by atoms with Gasteiger partial charge in [-0.15, -0.1) is 13.2 Å². The van der Waals surface area contributed by atoms with E-state index in [0.29, 0.717) is 13.2 Å². The minimum atomic E-state index is -1.79. The van der Waals surface area contributed by atoms with Crippen molar-refractivity contribution in [1.82, 2.24) is 0 Å². The fourth-order valence-corrected chi connectivity index (χ4v) is 0.853. The molecule has 0 saturated carbocycles. The standard InChI is InChI=1S/C6H12O6.C6H10O/c7-1-3(9)5(11)6(12)4(10)2-8;1-3-5-7-6-4-2/h1,3-6,8-12H,2H2;3-4H,1-2,5-6H2/t3-,4-,5-,6-;/m1./s1. The minimum absolute atomic E-state index is 0.0258. The van der Waals surface area contributed by atoms with Crippen LogP contribution >= 0.6 is 0 Å². The lowest BCUT2D eigenvalue weighted by atomic mass is 10.0. The maximum Gasteiger partial charge on any atom is 0.151 e. The third kappa shape index (κ3) is 10.5. The average molecular weight is 278 g/mol. The third-order valence-electron chi connectivity index (χ3n) is 1.89. The molecule has 0 amide bonds. The summed E-state index contributed by atoms with van der Waals surface area (Å²) in [6, 6.07) is 0. The van der Waals surface area contributed by atoms with Gasteiger partial charge in [0.25, 0.3) is 0 Å². The lowest BCUT2D eigenvalue weighted by molar-refractivity contribution is -0.136. The molecule has 0 bridgehead atoms. The molecular formula is C12H22O7. The molecule has 0 unspecified atom stereocenters. The van der Waals surface area contributed by atoms with Crippen molar-refractivity contribution in [2.75, 3.05) is 19.8 Å². The Bertz CT molecular complexity index is 236. The van der Waals surface area contributed by atoms with Crippen molar-refractivity contribution in [3.05, 3.63) is 25.3 Å². The van der Waals surface area contributed by atoms with Crippen molar-refractivity contribution in [2.24, 2.45) is 0 Å². The van der Waals surface area contributed by atoms with Crippen LogP contribution in [0, 0.1) is 0 Å². The highest BCUT2D eigenvalue weighted by atomic mass is 16.5. The first-order valence-electron chi connectivity index (χ1n) is 5.54. The van der Waals surface area contributed by atoms with Gasteiger partial charge in [-0.2, -0.15) is 0 Å². The van der Waals surface area contributed by atoms with Crippen molar-refractivity contribution in [2.45, 2.75) is 24.4 Å². The second-order valence-corrected chi connectivity index (χ2v) is 3.47. The number of ether oxygens (including phenoxy) is 1. The van der Waals surface area contributed by atoms with Gasteiger partial charge in [-0.05, 0) is 0 Å². The Morgan fingerprint density at radius 2 is 1.47 bits per heavy atom. The summed E-state index contributed by atoms with van der Waals surface area (Å²) < 4.78 is 4.90. The van der Waals surface area contributed by atoms with Crippen molar-refractivity contribution in [3.63, 3.8) is 0 Å². The highest BCUT2D eigenvalue weighted by Crippen LogP contribution is 2.02. The summed E-state index contributed by atoms with van der Waals surface area (Å²) in [5, 5.41) is 43.5. The number of hydrogen-bond donors (Lipinski definition) is 5. The number of carbonyl (C=O) groups is 1. The minimum Gasteiger partial charge on any atom is -0.394 e. The second-order valence-electron chi connectivity index (χ2n) is 3.47. The maximum atomic E-state index is 9.90. The summed E-state index contributed by atoms with van der Waals surface area (Å²) in [6.07, 6.45) is -3.42. The number of carbonyl (C=O) groups excluding carboxylic acids is 1. The van der Waals surface area contributed by atoms with Crippen LogP contribution in [0.2, 0.25) is 0 Å². The molecule has 19 heavy (non-hydrogen) atoms. The first-order valence-corrected chi connectivity index (χ1v) is 5.54. The highest BCUT2D eigenvalue weighted by Gasteiger charge is 2.29. The molecule has 0 aliphatic heterocycles. The zero-order chi connectivity index (χ0) is 15.3. The first-order chi connectivity index (χ1) is 8.95. The Hall–Kier alpha value is -1.09. The van der Waals surface area contributed by atoms with E-state index in [1.807, 2.05) is 0 Å². The molecule has 0 spiro atoms. The molecule has 0 aliphatic rings. The van der Waals surface area contributed by atoms with Gasteiger partial charge in [0, 0.05) is 0 Å². The zero-order valence-electron chi connectivity index (χ0n) is 10.6. The summed E-state index contributed by atoms with van der Waals surface area (Å²) in [6.45, 7) is 7.42. The summed E-state index contributed by atoms with van der Waals surface area (Å²) in [5.74, 6) is 0. The normalized spacial score (nSPS) is 16.3. The van der Waals surface area contributed by atoms with Crippen LogP contribution in [-0.4, -0.2) is 76.1 Å². The number of hydrogen-bond acceptors (Lipinski definition) is 7. The van der Waals surface area contributed by atoms with Crippen LogP contribution in [0.25, 0.3) is 0 Å². The van der Waals surface area contributed by atoms with E-state index in [-0.39, 0.29) is 6.29 Å². The summed E-state index contributed by atoms with van der Waals surface area (Å²) >= 11 is 0. The van der Waals surface area contributed by atoms with E-state index in [2.05, 4.69) is 13.2 Å². The highest BCUT2D eigenvalue weighted by molar-refractivity contribution is 5.56. The zero-order valence-corrected chi connectivity index (χ0v) is 10.6. The van der Waals surface area contributed by atoms with Gasteiger partial charge in [-0.1, -0.05) is 12.2 Å². The van der Waals surface area contributed by atoms with E-state index < -0.39 is 31.0 Å². The van der Waals surface area contributed by atoms with E-state index >= 15 is 0 Å². The fraction of sp³-hybridized carbons (Fsp3) is 0.583. The van der Waals surface area contributed by atoms with Gasteiger partial charge in [0.15, 0.2) is 6.29 Å². The van der Waals surface area contributed by atoms with Crippen LogP contribution in [0.3, 0.4) is 0 Å². The molecule has 7 heteroatoms. The molecule has 0 aromatic heterocycles. The molecule has 0 fully saturated rings. The van der Waals surface area contributed by atoms with Crippen LogP contribution in [0.4, 0.5) is 0 Å². The lowest BCUT2D eigenvalue weighted by Gasteiger charge is -2.22. The Morgan fingerprint density at radius 1 is 1.00 bits per heavy atom. The Labute approximate surface area is 112 Å². The van der Waals surface area contributed by atoms with Gasteiger partial charge in [0.1, 0.15) is 24.4 Å². The number of aliphatic hydroxyl groups is 5. The van der Waals surface area contributed by atoms with Crippen molar-refractivity contribution < 1.29 is 35.1 Å². The SMILES string of the molecule is C=CCOCC=C.O=C[C@@H](O)[C@@H](O)[C@H](O)[C@H](O)CO. The average Bonchev–Trinajstić information content (AvgIpc) is 2.45.